The zero-order valence-corrected chi connectivity index (χ0v) is 12.6. The first kappa shape index (κ1) is 14.6. The Morgan fingerprint density at radius 1 is 1.05 bits per heavy atom. The van der Waals surface area contributed by atoms with Crippen LogP contribution in [0.1, 0.15) is 5.56 Å². The van der Waals surface area contributed by atoms with Gasteiger partial charge in [-0.2, -0.15) is 0 Å². The van der Waals surface area contributed by atoms with E-state index < -0.39 is 21.3 Å². The SMILES string of the molecule is O=C(OCc1ccccc1)N1C[C@H]1S(=O)(=O)c1ccccc1. The van der Waals surface area contributed by atoms with E-state index >= 15 is 0 Å². The molecule has 0 bridgehead atoms. The molecular formula is C16H15NO4S. The highest BCUT2D eigenvalue weighted by Crippen LogP contribution is 2.30. The van der Waals surface area contributed by atoms with E-state index in [2.05, 4.69) is 0 Å². The molecule has 0 N–H and O–H groups in total. The maximum atomic E-state index is 12.3. The maximum absolute atomic E-state index is 12.3. The monoisotopic (exact) mass is 317 g/mol. The van der Waals surface area contributed by atoms with Gasteiger partial charge in [-0.05, 0) is 17.7 Å². The van der Waals surface area contributed by atoms with Gasteiger partial charge in [0.2, 0.25) is 9.84 Å². The molecule has 0 aliphatic carbocycles. The Balaban J connectivity index is 1.61. The zero-order chi connectivity index (χ0) is 15.6. The summed E-state index contributed by atoms with van der Waals surface area (Å²) in [5.41, 5.74) is 0.861. The molecule has 1 heterocycles. The summed E-state index contributed by atoms with van der Waals surface area (Å²) in [7, 11) is -3.52. The van der Waals surface area contributed by atoms with E-state index in [9.17, 15) is 13.2 Å². The second-order valence-corrected chi connectivity index (χ2v) is 7.11. The lowest BCUT2D eigenvalue weighted by Gasteiger charge is -2.07. The second-order valence-electron chi connectivity index (χ2n) is 5.01. The topological polar surface area (TPSA) is 63.5 Å². The average Bonchev–Trinajstić information content (AvgIpc) is 3.36. The Bertz CT molecular complexity index is 759. The summed E-state index contributed by atoms with van der Waals surface area (Å²) in [4.78, 5) is 13.3. The average molecular weight is 317 g/mol. The van der Waals surface area contributed by atoms with Gasteiger partial charge in [0.25, 0.3) is 0 Å². The van der Waals surface area contributed by atoms with Crippen LogP contribution in [0.2, 0.25) is 0 Å². The predicted octanol–water partition coefficient (Wildman–Crippen LogP) is 2.44. The van der Waals surface area contributed by atoms with Gasteiger partial charge >= 0.3 is 6.09 Å². The Kier molecular flexibility index (Phi) is 3.85. The van der Waals surface area contributed by atoms with Crippen LogP contribution >= 0.6 is 0 Å². The van der Waals surface area contributed by atoms with Crippen LogP contribution in [0.4, 0.5) is 4.79 Å². The lowest BCUT2D eigenvalue weighted by Crippen LogP contribution is -2.20. The van der Waals surface area contributed by atoms with Crippen molar-refractivity contribution in [3.8, 4) is 0 Å². The van der Waals surface area contributed by atoms with Crippen molar-refractivity contribution in [3.05, 3.63) is 66.2 Å². The van der Waals surface area contributed by atoms with Gasteiger partial charge in [-0.25, -0.2) is 13.2 Å². The van der Waals surface area contributed by atoms with E-state index in [0.717, 1.165) is 5.56 Å². The molecule has 3 rings (SSSR count). The highest BCUT2D eigenvalue weighted by atomic mass is 32.2. The summed E-state index contributed by atoms with van der Waals surface area (Å²) in [6.45, 7) is 0.305. The van der Waals surface area contributed by atoms with Crippen molar-refractivity contribution in [1.82, 2.24) is 4.90 Å². The van der Waals surface area contributed by atoms with Crippen LogP contribution in [-0.4, -0.2) is 31.3 Å². The van der Waals surface area contributed by atoms with E-state index in [1.165, 1.54) is 17.0 Å². The van der Waals surface area contributed by atoms with Gasteiger partial charge in [-0.3, -0.25) is 4.90 Å². The molecule has 1 aliphatic rings. The quantitative estimate of drug-likeness (QED) is 0.813. The summed E-state index contributed by atoms with van der Waals surface area (Å²) in [6, 6.07) is 17.4. The Labute approximate surface area is 129 Å². The van der Waals surface area contributed by atoms with E-state index in [1.54, 1.807) is 18.2 Å². The molecule has 0 radical (unpaired) electrons. The first-order valence-electron chi connectivity index (χ1n) is 6.85. The van der Waals surface area contributed by atoms with Crippen molar-refractivity contribution in [2.24, 2.45) is 0 Å². The van der Waals surface area contributed by atoms with Crippen LogP contribution < -0.4 is 0 Å². The zero-order valence-electron chi connectivity index (χ0n) is 11.8. The second kappa shape index (κ2) is 5.81. The first-order valence-corrected chi connectivity index (χ1v) is 8.40. The third-order valence-electron chi connectivity index (χ3n) is 3.44. The predicted molar refractivity (Wildman–Crippen MR) is 80.7 cm³/mol. The minimum absolute atomic E-state index is 0.133. The van der Waals surface area contributed by atoms with Gasteiger partial charge < -0.3 is 4.74 Å². The summed E-state index contributed by atoms with van der Waals surface area (Å²) in [5.74, 6) is 0. The van der Waals surface area contributed by atoms with Gasteiger partial charge in [0, 0.05) is 0 Å². The number of carbonyl (C=O) groups is 1. The number of carbonyl (C=O) groups excluding carboxylic acids is 1. The molecule has 114 valence electrons. The Hall–Kier alpha value is -2.34. The van der Waals surface area contributed by atoms with Crippen molar-refractivity contribution in [1.29, 1.82) is 0 Å². The molecule has 0 unspecified atom stereocenters. The normalized spacial score (nSPS) is 17.1. The molecule has 1 aliphatic heterocycles. The first-order chi connectivity index (χ1) is 10.6. The van der Waals surface area contributed by atoms with Crippen LogP contribution in [0, 0.1) is 0 Å². The molecule has 1 saturated heterocycles. The van der Waals surface area contributed by atoms with Gasteiger partial charge in [0.05, 0.1) is 11.4 Å². The van der Waals surface area contributed by atoms with Crippen LogP contribution in [0.5, 0.6) is 0 Å². The molecule has 22 heavy (non-hydrogen) atoms. The molecule has 1 amide bonds. The fourth-order valence-electron chi connectivity index (χ4n) is 2.15. The van der Waals surface area contributed by atoms with Gasteiger partial charge in [-0.1, -0.05) is 48.5 Å². The van der Waals surface area contributed by atoms with Crippen molar-refractivity contribution in [2.45, 2.75) is 16.9 Å². The smallest absolute Gasteiger partial charge is 0.411 e. The summed E-state index contributed by atoms with van der Waals surface area (Å²) >= 11 is 0. The number of hydrogen-bond acceptors (Lipinski definition) is 4. The van der Waals surface area contributed by atoms with Gasteiger partial charge in [0.1, 0.15) is 6.61 Å². The molecule has 0 aromatic heterocycles. The summed E-state index contributed by atoms with van der Waals surface area (Å²) in [5, 5.41) is -0.821. The van der Waals surface area contributed by atoms with E-state index in [1.807, 2.05) is 30.3 Å². The number of benzene rings is 2. The number of nitrogens with zero attached hydrogens (tertiary/aromatic N) is 1. The maximum Gasteiger partial charge on any atom is 0.411 e. The van der Waals surface area contributed by atoms with Gasteiger partial charge in [0.15, 0.2) is 5.37 Å². The Morgan fingerprint density at radius 3 is 2.27 bits per heavy atom. The molecule has 5 nitrogen and oxygen atoms in total. The Morgan fingerprint density at radius 2 is 1.64 bits per heavy atom. The lowest BCUT2D eigenvalue weighted by atomic mass is 10.2. The van der Waals surface area contributed by atoms with Crippen LogP contribution in [0.3, 0.4) is 0 Å². The fraction of sp³-hybridized carbons (Fsp3) is 0.188. The molecular weight excluding hydrogens is 302 g/mol. The minimum atomic E-state index is -3.52. The minimum Gasteiger partial charge on any atom is -0.445 e. The lowest BCUT2D eigenvalue weighted by molar-refractivity contribution is 0.124. The number of rotatable bonds is 4. The highest BCUT2D eigenvalue weighted by molar-refractivity contribution is 7.92. The number of hydrogen-bond donors (Lipinski definition) is 0. The molecule has 6 heteroatoms. The molecule has 1 fully saturated rings. The highest BCUT2D eigenvalue weighted by Gasteiger charge is 2.49. The molecule has 2 aromatic carbocycles. The fourth-order valence-corrected chi connectivity index (χ4v) is 3.78. The summed E-state index contributed by atoms with van der Waals surface area (Å²) < 4.78 is 29.8. The van der Waals surface area contributed by atoms with Crippen molar-refractivity contribution < 1.29 is 17.9 Å². The molecule has 1 atom stereocenters. The van der Waals surface area contributed by atoms with Crippen molar-refractivity contribution in [2.75, 3.05) is 6.54 Å². The van der Waals surface area contributed by atoms with Crippen molar-refractivity contribution >= 4 is 15.9 Å². The third kappa shape index (κ3) is 2.96. The number of ether oxygens (including phenoxy) is 1. The standard InChI is InChI=1S/C16H15NO4S/c18-16(21-12-13-7-3-1-4-8-13)17-11-15(17)22(19,20)14-9-5-2-6-10-14/h1-10,15H,11-12H2/t15-,17?/m1/s1. The summed E-state index contributed by atoms with van der Waals surface area (Å²) in [6.07, 6.45) is -0.603. The largest absolute Gasteiger partial charge is 0.445 e. The third-order valence-corrected chi connectivity index (χ3v) is 5.49. The van der Waals surface area contributed by atoms with Crippen molar-refractivity contribution in [3.63, 3.8) is 0 Å². The number of sulfone groups is 1. The van der Waals surface area contributed by atoms with E-state index in [-0.39, 0.29) is 18.0 Å². The van der Waals surface area contributed by atoms with Crippen LogP contribution in [0.15, 0.2) is 65.6 Å². The molecule has 2 aromatic rings. The van der Waals surface area contributed by atoms with Crippen LogP contribution in [-0.2, 0) is 21.2 Å². The van der Waals surface area contributed by atoms with Crippen LogP contribution in [0.25, 0.3) is 0 Å². The van der Waals surface area contributed by atoms with Gasteiger partial charge in [-0.15, -0.1) is 0 Å². The number of amides is 1. The molecule has 0 spiro atoms. The molecule has 0 saturated carbocycles. The van der Waals surface area contributed by atoms with E-state index in [4.69, 9.17) is 4.74 Å². The van der Waals surface area contributed by atoms with E-state index in [0.29, 0.717) is 0 Å².